The lowest BCUT2D eigenvalue weighted by molar-refractivity contribution is 0.184. The molecule has 4 atom stereocenters. The fourth-order valence-corrected chi connectivity index (χ4v) is 4.25. The zero-order valence-corrected chi connectivity index (χ0v) is 22.1. The van der Waals surface area contributed by atoms with Crippen molar-refractivity contribution in [3.8, 4) is 0 Å². The highest BCUT2D eigenvalue weighted by Crippen LogP contribution is 2.36. The molecule has 0 rings (SSSR count). The zero-order chi connectivity index (χ0) is 24.3. The van der Waals surface area contributed by atoms with Gasteiger partial charge in [0.15, 0.2) is 0 Å². The van der Waals surface area contributed by atoms with E-state index in [0.717, 1.165) is 25.7 Å². The van der Waals surface area contributed by atoms with Gasteiger partial charge in [-0.05, 0) is 73.7 Å². The van der Waals surface area contributed by atoms with Gasteiger partial charge in [0, 0.05) is 0 Å². The third-order valence-corrected chi connectivity index (χ3v) is 7.28. The zero-order valence-electron chi connectivity index (χ0n) is 22.1. The fraction of sp³-hybridized carbons (Fsp3) is 0.857. The van der Waals surface area contributed by atoms with Crippen molar-refractivity contribution in [2.75, 3.05) is 0 Å². The summed E-state index contributed by atoms with van der Waals surface area (Å²) in [5.74, 6) is 1.73. The quantitative estimate of drug-likeness (QED) is 0.220. The Morgan fingerprint density at radius 1 is 0.645 bits per heavy atom. The van der Waals surface area contributed by atoms with E-state index >= 15 is 4.39 Å². The summed E-state index contributed by atoms with van der Waals surface area (Å²) in [6.45, 7) is 20.9. The van der Waals surface area contributed by atoms with Crippen molar-refractivity contribution in [3.63, 3.8) is 0 Å². The van der Waals surface area contributed by atoms with E-state index < -0.39 is 12.3 Å². The SMILES string of the molecule is CC/C(=C(F)\C(=C(/C)C(C)CCC(C)C)C(F)F)C(C)CCC(C)C(C)CCC(C)C. The molecule has 184 valence electrons. The highest BCUT2D eigenvalue weighted by molar-refractivity contribution is 5.37. The Bertz CT molecular complexity index is 557. The Hall–Kier alpha value is -0.730. The minimum Gasteiger partial charge on any atom is -0.207 e. The van der Waals surface area contributed by atoms with E-state index in [0.29, 0.717) is 41.2 Å². The third-order valence-electron chi connectivity index (χ3n) is 7.28. The predicted octanol–water partition coefficient (Wildman–Crippen LogP) is 10.4. The first-order valence-electron chi connectivity index (χ1n) is 12.7. The summed E-state index contributed by atoms with van der Waals surface area (Å²) in [5.41, 5.74) is 0.730. The summed E-state index contributed by atoms with van der Waals surface area (Å²) >= 11 is 0. The molecule has 0 amide bonds. The van der Waals surface area contributed by atoms with Crippen molar-refractivity contribution >= 4 is 0 Å². The van der Waals surface area contributed by atoms with Gasteiger partial charge in [0.05, 0.1) is 5.57 Å². The van der Waals surface area contributed by atoms with E-state index in [-0.39, 0.29) is 17.4 Å². The molecule has 0 bridgehead atoms. The van der Waals surface area contributed by atoms with Crippen LogP contribution in [-0.2, 0) is 0 Å². The molecule has 0 aromatic heterocycles. The van der Waals surface area contributed by atoms with Crippen LogP contribution in [0.3, 0.4) is 0 Å². The van der Waals surface area contributed by atoms with Crippen LogP contribution in [0, 0.1) is 35.5 Å². The van der Waals surface area contributed by atoms with Crippen molar-refractivity contribution < 1.29 is 13.2 Å². The Morgan fingerprint density at radius 3 is 1.48 bits per heavy atom. The van der Waals surface area contributed by atoms with E-state index in [4.69, 9.17) is 0 Å². The number of allylic oxidation sites excluding steroid dienone is 4. The molecule has 0 radical (unpaired) electrons. The van der Waals surface area contributed by atoms with Crippen LogP contribution < -0.4 is 0 Å². The molecule has 0 nitrogen and oxygen atoms in total. The summed E-state index contributed by atoms with van der Waals surface area (Å²) in [4.78, 5) is 0. The second-order valence-electron chi connectivity index (χ2n) is 10.9. The van der Waals surface area contributed by atoms with E-state index in [1.165, 1.54) is 12.8 Å². The van der Waals surface area contributed by atoms with E-state index in [2.05, 4.69) is 41.5 Å². The molecule has 0 aliphatic heterocycles. The molecule has 0 saturated carbocycles. The topological polar surface area (TPSA) is 0 Å². The number of hydrogen-bond acceptors (Lipinski definition) is 0. The largest absolute Gasteiger partial charge is 0.266 e. The van der Waals surface area contributed by atoms with Crippen molar-refractivity contribution in [2.45, 2.75) is 121 Å². The summed E-state index contributed by atoms with van der Waals surface area (Å²) in [6, 6.07) is 0. The van der Waals surface area contributed by atoms with Crippen LogP contribution in [0.25, 0.3) is 0 Å². The molecule has 0 fully saturated rings. The van der Waals surface area contributed by atoms with Crippen molar-refractivity contribution in [1.29, 1.82) is 0 Å². The monoisotopic (exact) mass is 444 g/mol. The van der Waals surface area contributed by atoms with Crippen LogP contribution in [0.5, 0.6) is 0 Å². The van der Waals surface area contributed by atoms with Crippen LogP contribution in [-0.4, -0.2) is 6.43 Å². The minimum atomic E-state index is -2.77. The first-order valence-corrected chi connectivity index (χ1v) is 12.7. The average molecular weight is 445 g/mol. The number of hydrogen-bond donors (Lipinski definition) is 0. The predicted molar refractivity (Wildman–Crippen MR) is 131 cm³/mol. The molecule has 0 aromatic rings. The van der Waals surface area contributed by atoms with E-state index in [9.17, 15) is 8.78 Å². The summed E-state index contributed by atoms with van der Waals surface area (Å²) in [6.07, 6.45) is 3.78. The van der Waals surface area contributed by atoms with Gasteiger partial charge in [-0.1, -0.05) is 87.1 Å². The summed E-state index contributed by atoms with van der Waals surface area (Å²) in [5, 5.41) is 0. The van der Waals surface area contributed by atoms with Gasteiger partial charge < -0.3 is 0 Å². The highest BCUT2D eigenvalue weighted by Gasteiger charge is 2.26. The van der Waals surface area contributed by atoms with Crippen LogP contribution in [0.1, 0.15) is 114 Å². The molecule has 0 spiro atoms. The van der Waals surface area contributed by atoms with Gasteiger partial charge >= 0.3 is 0 Å². The Morgan fingerprint density at radius 2 is 1.06 bits per heavy atom. The lowest BCUT2D eigenvalue weighted by Gasteiger charge is -2.24. The maximum atomic E-state index is 15.5. The fourth-order valence-electron chi connectivity index (χ4n) is 4.25. The van der Waals surface area contributed by atoms with Crippen LogP contribution in [0.4, 0.5) is 13.2 Å². The molecule has 31 heavy (non-hydrogen) atoms. The molecule has 0 N–H and O–H groups in total. The van der Waals surface area contributed by atoms with Gasteiger partial charge in [-0.25, -0.2) is 13.2 Å². The molecule has 0 heterocycles. The Labute approximate surface area is 192 Å². The molecule has 0 aromatic carbocycles. The number of halogens is 3. The lowest BCUT2D eigenvalue weighted by atomic mass is 9.82. The standard InChI is InChI=1S/C28H51F3/c1-11-25(23(9)17-16-21(7)20(6)14-12-18(2)3)27(29)26(28(30)31)24(10)22(8)15-13-19(4)5/h18-23,28H,11-17H2,1-10H3/b26-24-,27-25-. The Balaban J connectivity index is 5.46. The van der Waals surface area contributed by atoms with Gasteiger partial charge in [-0.3, -0.25) is 0 Å². The first kappa shape index (κ1) is 30.3. The molecule has 0 saturated heterocycles. The van der Waals surface area contributed by atoms with Crippen molar-refractivity contribution in [3.05, 3.63) is 22.5 Å². The first-order chi connectivity index (χ1) is 14.3. The van der Waals surface area contributed by atoms with Gasteiger partial charge in [-0.2, -0.15) is 0 Å². The number of alkyl halides is 2. The van der Waals surface area contributed by atoms with E-state index in [1.54, 1.807) is 6.92 Å². The second-order valence-corrected chi connectivity index (χ2v) is 10.9. The molecule has 4 unspecified atom stereocenters. The Kier molecular flexibility index (Phi) is 14.8. The van der Waals surface area contributed by atoms with Crippen LogP contribution in [0.2, 0.25) is 0 Å². The van der Waals surface area contributed by atoms with Gasteiger partial charge in [0.25, 0.3) is 6.43 Å². The summed E-state index contributed by atoms with van der Waals surface area (Å²) < 4.78 is 43.4. The average Bonchev–Trinajstić information content (AvgIpc) is 2.68. The molecule has 3 heteroatoms. The third kappa shape index (κ3) is 11.1. The maximum Gasteiger partial charge on any atom is 0.266 e. The summed E-state index contributed by atoms with van der Waals surface area (Å²) in [7, 11) is 0. The van der Waals surface area contributed by atoms with Crippen molar-refractivity contribution in [1.82, 2.24) is 0 Å². The maximum absolute atomic E-state index is 15.5. The minimum absolute atomic E-state index is 0.0164. The molecular formula is C28H51F3. The molecular weight excluding hydrogens is 393 g/mol. The number of rotatable bonds is 15. The second kappa shape index (κ2) is 15.2. The van der Waals surface area contributed by atoms with E-state index in [1.807, 2.05) is 20.8 Å². The van der Waals surface area contributed by atoms with Gasteiger partial charge in [0.2, 0.25) is 0 Å². The molecule has 0 aliphatic carbocycles. The molecule has 0 aliphatic rings. The highest BCUT2D eigenvalue weighted by atomic mass is 19.3. The van der Waals surface area contributed by atoms with Gasteiger partial charge in [0.1, 0.15) is 5.83 Å². The van der Waals surface area contributed by atoms with Crippen LogP contribution >= 0.6 is 0 Å². The van der Waals surface area contributed by atoms with Crippen molar-refractivity contribution in [2.24, 2.45) is 35.5 Å². The van der Waals surface area contributed by atoms with Gasteiger partial charge in [-0.15, -0.1) is 0 Å². The lowest BCUT2D eigenvalue weighted by Crippen LogP contribution is -2.14. The smallest absolute Gasteiger partial charge is 0.207 e. The normalized spacial score (nSPS) is 18.2. The van der Waals surface area contributed by atoms with Crippen LogP contribution in [0.15, 0.2) is 22.5 Å².